The van der Waals surface area contributed by atoms with Crippen molar-refractivity contribution in [1.82, 2.24) is 4.98 Å². The Kier molecular flexibility index (Phi) is 4.49. The number of amides is 1. The van der Waals surface area contributed by atoms with Gasteiger partial charge in [-0.2, -0.15) is 0 Å². The molecule has 4 rings (SSSR count). The number of nitrogens with zero attached hydrogens (tertiary/aromatic N) is 1. The molecule has 0 spiro atoms. The van der Waals surface area contributed by atoms with Crippen LogP contribution in [0.15, 0.2) is 60.8 Å². The van der Waals surface area contributed by atoms with Crippen molar-refractivity contribution in [3.8, 4) is 17.2 Å². The average Bonchev–Trinajstić information content (AvgIpc) is 3.16. The first-order valence-corrected chi connectivity index (χ1v) is 8.29. The third kappa shape index (κ3) is 3.77. The zero-order chi connectivity index (χ0) is 18.6. The summed E-state index contributed by atoms with van der Waals surface area (Å²) in [5.41, 5.74) is 2.55. The Balaban J connectivity index is 1.43. The lowest BCUT2D eigenvalue weighted by molar-refractivity contribution is 0.102. The summed E-state index contributed by atoms with van der Waals surface area (Å²) >= 11 is 0. The minimum Gasteiger partial charge on any atom is -0.497 e. The maximum absolute atomic E-state index is 12.3. The average molecular weight is 363 g/mol. The van der Waals surface area contributed by atoms with Crippen molar-refractivity contribution in [1.29, 1.82) is 0 Å². The van der Waals surface area contributed by atoms with Crippen molar-refractivity contribution in [2.45, 2.75) is 0 Å². The smallest absolute Gasteiger partial charge is 0.274 e. The van der Waals surface area contributed by atoms with Gasteiger partial charge < -0.3 is 24.8 Å². The van der Waals surface area contributed by atoms with Crippen LogP contribution < -0.4 is 24.8 Å². The third-order valence-corrected chi connectivity index (χ3v) is 3.98. The highest BCUT2D eigenvalue weighted by Gasteiger charge is 2.13. The van der Waals surface area contributed by atoms with E-state index in [1.54, 1.807) is 43.6 Å². The first-order valence-electron chi connectivity index (χ1n) is 8.29. The van der Waals surface area contributed by atoms with Crippen molar-refractivity contribution < 1.29 is 19.0 Å². The van der Waals surface area contributed by atoms with Crippen molar-refractivity contribution in [3.63, 3.8) is 0 Å². The molecule has 1 aliphatic heterocycles. The van der Waals surface area contributed by atoms with Crippen LogP contribution in [0.25, 0.3) is 0 Å². The Morgan fingerprint density at radius 2 is 1.85 bits per heavy atom. The Morgan fingerprint density at radius 3 is 2.67 bits per heavy atom. The van der Waals surface area contributed by atoms with Crippen LogP contribution in [0.1, 0.15) is 10.5 Å². The molecule has 0 atom stereocenters. The Hall–Kier alpha value is -3.74. The molecule has 2 aromatic carbocycles. The molecule has 0 saturated carbocycles. The molecule has 1 amide bonds. The SMILES string of the molecule is COc1cccc(NC(=O)c2ccc(Nc3ccc4c(c3)OCO4)cn2)c1. The van der Waals surface area contributed by atoms with E-state index in [2.05, 4.69) is 15.6 Å². The zero-order valence-electron chi connectivity index (χ0n) is 14.6. The molecule has 0 aliphatic carbocycles. The summed E-state index contributed by atoms with van der Waals surface area (Å²) in [5, 5.41) is 6.02. The molecule has 0 radical (unpaired) electrons. The first-order chi connectivity index (χ1) is 13.2. The van der Waals surface area contributed by atoms with Gasteiger partial charge in [-0.15, -0.1) is 0 Å². The van der Waals surface area contributed by atoms with E-state index in [0.717, 1.165) is 17.1 Å². The van der Waals surface area contributed by atoms with Crippen LogP contribution >= 0.6 is 0 Å². The quantitative estimate of drug-likeness (QED) is 0.717. The second kappa shape index (κ2) is 7.25. The van der Waals surface area contributed by atoms with Crippen molar-refractivity contribution >= 4 is 23.0 Å². The van der Waals surface area contributed by atoms with Crippen LogP contribution in [-0.2, 0) is 0 Å². The number of carbonyl (C=O) groups is 1. The number of carbonyl (C=O) groups excluding carboxylic acids is 1. The van der Waals surface area contributed by atoms with Gasteiger partial charge in [0.15, 0.2) is 11.5 Å². The number of hydrogen-bond donors (Lipinski definition) is 2. The molecule has 1 aliphatic rings. The molecule has 0 saturated heterocycles. The van der Waals surface area contributed by atoms with Gasteiger partial charge in [-0.25, -0.2) is 4.98 Å². The molecule has 136 valence electrons. The summed E-state index contributed by atoms with van der Waals surface area (Å²) < 4.78 is 15.8. The summed E-state index contributed by atoms with van der Waals surface area (Å²) in [6, 6.07) is 16.2. The van der Waals surface area contributed by atoms with E-state index in [9.17, 15) is 4.79 Å². The van der Waals surface area contributed by atoms with Gasteiger partial charge in [0.2, 0.25) is 6.79 Å². The summed E-state index contributed by atoms with van der Waals surface area (Å²) in [6.07, 6.45) is 1.60. The lowest BCUT2D eigenvalue weighted by Crippen LogP contribution is -2.13. The highest BCUT2D eigenvalue weighted by molar-refractivity contribution is 6.03. The molecule has 2 N–H and O–H groups in total. The van der Waals surface area contributed by atoms with Crippen LogP contribution in [0.5, 0.6) is 17.2 Å². The number of aromatic nitrogens is 1. The van der Waals surface area contributed by atoms with E-state index < -0.39 is 0 Å². The van der Waals surface area contributed by atoms with Gasteiger partial charge in [0.1, 0.15) is 11.4 Å². The zero-order valence-corrected chi connectivity index (χ0v) is 14.6. The summed E-state index contributed by atoms with van der Waals surface area (Å²) in [5.74, 6) is 1.80. The number of anilines is 3. The van der Waals surface area contributed by atoms with Crippen LogP contribution in [-0.4, -0.2) is 24.8 Å². The van der Waals surface area contributed by atoms with E-state index in [4.69, 9.17) is 14.2 Å². The lowest BCUT2D eigenvalue weighted by atomic mass is 10.2. The van der Waals surface area contributed by atoms with Gasteiger partial charge in [-0.1, -0.05) is 6.07 Å². The molecule has 0 bridgehead atoms. The van der Waals surface area contributed by atoms with Crippen LogP contribution in [0.3, 0.4) is 0 Å². The van der Waals surface area contributed by atoms with E-state index >= 15 is 0 Å². The number of methoxy groups -OCH3 is 1. The summed E-state index contributed by atoms with van der Waals surface area (Å²) in [4.78, 5) is 16.6. The Bertz CT molecular complexity index is 973. The molecule has 0 unspecified atom stereocenters. The Labute approximate surface area is 155 Å². The molecular formula is C20H17N3O4. The van der Waals surface area contributed by atoms with Crippen LogP contribution in [0.2, 0.25) is 0 Å². The predicted molar refractivity (Wildman–Crippen MR) is 101 cm³/mol. The standard InChI is InChI=1S/C20H17N3O4/c1-25-16-4-2-3-13(9-16)23-20(24)17-7-5-15(11-21-17)22-14-6-8-18-19(10-14)27-12-26-18/h2-11,22H,12H2,1H3,(H,23,24). The van der Waals surface area contributed by atoms with Gasteiger partial charge in [-0.05, 0) is 36.4 Å². The maximum atomic E-state index is 12.3. The number of nitrogens with one attached hydrogen (secondary N) is 2. The van der Waals surface area contributed by atoms with E-state index in [1.165, 1.54) is 0 Å². The van der Waals surface area contributed by atoms with Crippen LogP contribution in [0.4, 0.5) is 17.1 Å². The number of benzene rings is 2. The number of pyridine rings is 1. The second-order valence-electron chi connectivity index (χ2n) is 5.81. The predicted octanol–water partition coefficient (Wildman–Crippen LogP) is 3.81. The topological polar surface area (TPSA) is 81.7 Å². The first kappa shape index (κ1) is 16.7. The molecular weight excluding hydrogens is 346 g/mol. The van der Waals surface area contributed by atoms with Crippen molar-refractivity contribution in [2.24, 2.45) is 0 Å². The molecule has 1 aromatic heterocycles. The number of ether oxygens (including phenoxy) is 3. The van der Waals surface area contributed by atoms with Gasteiger partial charge in [0.05, 0.1) is 19.0 Å². The summed E-state index contributed by atoms with van der Waals surface area (Å²) in [6.45, 7) is 0.234. The number of rotatable bonds is 5. The van der Waals surface area contributed by atoms with Crippen molar-refractivity contribution in [2.75, 3.05) is 24.5 Å². The number of fused-ring (bicyclic) bond motifs is 1. The maximum Gasteiger partial charge on any atom is 0.274 e. The summed E-state index contributed by atoms with van der Waals surface area (Å²) in [7, 11) is 1.58. The lowest BCUT2D eigenvalue weighted by Gasteiger charge is -2.09. The van der Waals surface area contributed by atoms with E-state index in [-0.39, 0.29) is 12.7 Å². The molecule has 2 heterocycles. The fourth-order valence-corrected chi connectivity index (χ4v) is 2.64. The third-order valence-electron chi connectivity index (χ3n) is 3.98. The molecule has 7 heteroatoms. The minimum atomic E-state index is -0.294. The molecule has 3 aromatic rings. The van der Waals surface area contributed by atoms with Crippen molar-refractivity contribution in [3.05, 3.63) is 66.5 Å². The molecule has 7 nitrogen and oxygen atoms in total. The fourth-order valence-electron chi connectivity index (χ4n) is 2.64. The highest BCUT2D eigenvalue weighted by atomic mass is 16.7. The van der Waals surface area contributed by atoms with E-state index in [1.807, 2.05) is 24.3 Å². The monoisotopic (exact) mass is 363 g/mol. The normalized spacial score (nSPS) is 11.7. The van der Waals surface area contributed by atoms with E-state index in [0.29, 0.717) is 22.9 Å². The minimum absolute atomic E-state index is 0.234. The van der Waals surface area contributed by atoms with Gasteiger partial charge >= 0.3 is 0 Å². The second-order valence-corrected chi connectivity index (χ2v) is 5.81. The molecule has 0 fully saturated rings. The Morgan fingerprint density at radius 1 is 1.00 bits per heavy atom. The number of hydrogen-bond acceptors (Lipinski definition) is 6. The highest BCUT2D eigenvalue weighted by Crippen LogP contribution is 2.35. The van der Waals surface area contributed by atoms with Gasteiger partial charge in [0, 0.05) is 23.5 Å². The van der Waals surface area contributed by atoms with Gasteiger partial charge in [-0.3, -0.25) is 4.79 Å². The largest absolute Gasteiger partial charge is 0.497 e. The molecule has 27 heavy (non-hydrogen) atoms. The fraction of sp³-hybridized carbons (Fsp3) is 0.100. The van der Waals surface area contributed by atoms with Crippen LogP contribution in [0, 0.1) is 0 Å². The van der Waals surface area contributed by atoms with Gasteiger partial charge in [0.25, 0.3) is 5.91 Å².